The zero-order valence-corrected chi connectivity index (χ0v) is 13.4. The Morgan fingerprint density at radius 2 is 2.45 bits per heavy atom. The van der Waals surface area contributed by atoms with Crippen LogP contribution < -0.4 is 5.73 Å². The minimum Gasteiger partial charge on any atom is -0.397 e. The Hall–Kier alpha value is -1.77. The van der Waals surface area contributed by atoms with Crippen LogP contribution in [0.5, 0.6) is 0 Å². The summed E-state index contributed by atoms with van der Waals surface area (Å²) in [5.41, 5.74) is 7.00. The van der Waals surface area contributed by atoms with Gasteiger partial charge in [0.1, 0.15) is 4.83 Å². The van der Waals surface area contributed by atoms with Crippen molar-refractivity contribution < 1.29 is 4.74 Å². The van der Waals surface area contributed by atoms with E-state index < -0.39 is 0 Å². The summed E-state index contributed by atoms with van der Waals surface area (Å²) in [6.07, 6.45) is 4.11. The van der Waals surface area contributed by atoms with Crippen LogP contribution in [0.2, 0.25) is 0 Å². The molecular formula is C14H15N5OS2. The fourth-order valence-corrected chi connectivity index (χ4v) is 4.04. The Balaban J connectivity index is 1.81. The monoisotopic (exact) mass is 333 g/mol. The van der Waals surface area contributed by atoms with Crippen LogP contribution in [0.25, 0.3) is 20.9 Å². The number of hydrogen-bond donors (Lipinski definition) is 2. The summed E-state index contributed by atoms with van der Waals surface area (Å²) in [4.78, 5) is 6.18. The maximum absolute atomic E-state index is 6.30. The predicted octanol–water partition coefficient (Wildman–Crippen LogP) is 2.98. The summed E-state index contributed by atoms with van der Waals surface area (Å²) in [6, 6.07) is 3.86. The van der Waals surface area contributed by atoms with Gasteiger partial charge in [-0.05, 0) is 37.2 Å². The number of rotatable bonds is 3. The molecule has 0 radical (unpaired) electrons. The summed E-state index contributed by atoms with van der Waals surface area (Å²) in [5, 5.41) is 8.21. The highest BCUT2D eigenvalue weighted by atomic mass is 32.1. The summed E-state index contributed by atoms with van der Waals surface area (Å²) in [6.45, 7) is 1.52. The number of pyridine rings is 1. The largest absolute Gasteiger partial charge is 0.397 e. The van der Waals surface area contributed by atoms with Crippen molar-refractivity contribution in [3.63, 3.8) is 0 Å². The number of fused-ring (bicyclic) bond motifs is 1. The maximum Gasteiger partial charge on any atom is 0.195 e. The van der Waals surface area contributed by atoms with Crippen molar-refractivity contribution >= 4 is 39.5 Å². The fourth-order valence-electron chi connectivity index (χ4n) is 2.77. The topological polar surface area (TPSA) is 81.8 Å². The van der Waals surface area contributed by atoms with E-state index in [4.69, 9.17) is 22.7 Å². The molecule has 0 amide bonds. The van der Waals surface area contributed by atoms with E-state index in [0.29, 0.717) is 17.0 Å². The average Bonchev–Trinajstić information content (AvgIpc) is 3.23. The van der Waals surface area contributed by atoms with Crippen LogP contribution in [0, 0.1) is 4.77 Å². The molecule has 0 aromatic carbocycles. The number of hydrogen-bond acceptors (Lipinski definition) is 6. The number of aromatic nitrogens is 4. The standard InChI is InChI=1S/C14H15N5OS2/c15-10-9-4-1-5-16-13(9)22-11(10)12-17-18-14(21)19(12)7-8-3-2-6-20-8/h1,4-5,8H,2-3,6-7,15H2,(H,18,21). The third kappa shape index (κ3) is 2.23. The van der Waals surface area contributed by atoms with Gasteiger partial charge in [0.2, 0.25) is 0 Å². The number of nitrogen functional groups attached to an aromatic ring is 1. The molecule has 8 heteroatoms. The minimum atomic E-state index is 0.191. The molecule has 0 aliphatic carbocycles. The lowest BCUT2D eigenvalue weighted by molar-refractivity contribution is 0.0970. The summed E-state index contributed by atoms with van der Waals surface area (Å²) >= 11 is 6.90. The number of nitrogens with zero attached hydrogens (tertiary/aromatic N) is 3. The van der Waals surface area contributed by atoms with E-state index in [0.717, 1.165) is 40.4 Å². The molecule has 3 N–H and O–H groups in total. The van der Waals surface area contributed by atoms with Crippen molar-refractivity contribution in [2.24, 2.45) is 0 Å². The molecular weight excluding hydrogens is 318 g/mol. The summed E-state index contributed by atoms with van der Waals surface area (Å²) in [5.74, 6) is 0.765. The number of nitrogens with two attached hydrogens (primary N) is 1. The molecule has 1 aliphatic heterocycles. The van der Waals surface area contributed by atoms with Gasteiger partial charge >= 0.3 is 0 Å². The molecule has 114 valence electrons. The lowest BCUT2D eigenvalue weighted by Gasteiger charge is -2.11. The Labute approximate surface area is 135 Å². The SMILES string of the molecule is Nc1c(-c2n[nH]c(=S)n2CC2CCCO2)sc2ncccc12. The van der Waals surface area contributed by atoms with Crippen LogP contribution in [0.3, 0.4) is 0 Å². The molecule has 0 bridgehead atoms. The quantitative estimate of drug-likeness (QED) is 0.720. The van der Waals surface area contributed by atoms with Gasteiger partial charge in [-0.1, -0.05) is 0 Å². The van der Waals surface area contributed by atoms with Crippen LogP contribution in [0.4, 0.5) is 5.69 Å². The van der Waals surface area contributed by atoms with Crippen molar-refractivity contribution in [3.8, 4) is 10.7 Å². The lowest BCUT2D eigenvalue weighted by atomic mass is 10.2. The minimum absolute atomic E-state index is 0.191. The van der Waals surface area contributed by atoms with Crippen molar-refractivity contribution in [1.82, 2.24) is 19.7 Å². The normalized spacial score (nSPS) is 18.3. The first-order valence-corrected chi connectivity index (χ1v) is 8.36. The Bertz CT molecular complexity index is 875. The predicted molar refractivity (Wildman–Crippen MR) is 89.4 cm³/mol. The molecule has 1 unspecified atom stereocenters. The van der Waals surface area contributed by atoms with Crippen molar-refractivity contribution in [2.75, 3.05) is 12.3 Å². The van der Waals surface area contributed by atoms with Crippen LogP contribution >= 0.6 is 23.6 Å². The van der Waals surface area contributed by atoms with Gasteiger partial charge in [-0.15, -0.1) is 11.3 Å². The van der Waals surface area contributed by atoms with Gasteiger partial charge in [0.25, 0.3) is 0 Å². The molecule has 0 saturated carbocycles. The Morgan fingerprint density at radius 3 is 3.23 bits per heavy atom. The smallest absolute Gasteiger partial charge is 0.195 e. The third-order valence-electron chi connectivity index (χ3n) is 3.88. The highest BCUT2D eigenvalue weighted by Crippen LogP contribution is 2.39. The van der Waals surface area contributed by atoms with E-state index >= 15 is 0 Å². The van der Waals surface area contributed by atoms with Crippen molar-refractivity contribution in [1.29, 1.82) is 0 Å². The second-order valence-electron chi connectivity index (χ2n) is 5.30. The van der Waals surface area contributed by atoms with Crippen molar-refractivity contribution in [2.45, 2.75) is 25.5 Å². The van der Waals surface area contributed by atoms with E-state index in [1.165, 1.54) is 11.3 Å². The van der Waals surface area contributed by atoms with E-state index in [2.05, 4.69) is 15.2 Å². The zero-order chi connectivity index (χ0) is 15.1. The number of ether oxygens (including phenoxy) is 1. The molecule has 1 atom stereocenters. The van der Waals surface area contributed by atoms with Crippen LogP contribution in [-0.2, 0) is 11.3 Å². The summed E-state index contributed by atoms with van der Waals surface area (Å²) in [7, 11) is 0. The number of nitrogens with one attached hydrogen (secondary N) is 1. The Morgan fingerprint density at radius 1 is 1.55 bits per heavy atom. The first-order valence-electron chi connectivity index (χ1n) is 7.14. The molecule has 3 aromatic rings. The number of thiophene rings is 1. The second-order valence-corrected chi connectivity index (χ2v) is 6.68. The third-order valence-corrected chi connectivity index (χ3v) is 5.31. The highest BCUT2D eigenvalue weighted by Gasteiger charge is 2.22. The molecule has 4 heterocycles. The molecule has 1 aliphatic rings. The fraction of sp³-hybridized carbons (Fsp3) is 0.357. The van der Waals surface area contributed by atoms with Gasteiger partial charge in [-0.25, -0.2) is 4.98 Å². The van der Waals surface area contributed by atoms with Gasteiger partial charge in [-0.2, -0.15) is 5.10 Å². The first kappa shape index (κ1) is 13.9. The molecule has 1 saturated heterocycles. The molecule has 4 rings (SSSR count). The molecule has 3 aromatic heterocycles. The first-order chi connectivity index (χ1) is 10.7. The highest BCUT2D eigenvalue weighted by molar-refractivity contribution is 7.71. The van der Waals surface area contributed by atoms with Gasteiger partial charge < -0.3 is 10.5 Å². The lowest BCUT2D eigenvalue weighted by Crippen LogP contribution is -2.16. The number of anilines is 1. The molecule has 0 spiro atoms. The van der Waals surface area contributed by atoms with Gasteiger partial charge in [0.15, 0.2) is 10.6 Å². The molecule has 6 nitrogen and oxygen atoms in total. The van der Waals surface area contributed by atoms with Crippen LogP contribution in [-0.4, -0.2) is 32.5 Å². The number of aromatic amines is 1. The van der Waals surface area contributed by atoms with E-state index in [9.17, 15) is 0 Å². The molecule has 1 fully saturated rings. The maximum atomic E-state index is 6.30. The van der Waals surface area contributed by atoms with E-state index in [-0.39, 0.29) is 6.10 Å². The van der Waals surface area contributed by atoms with Gasteiger partial charge in [-0.3, -0.25) is 9.67 Å². The van der Waals surface area contributed by atoms with Crippen LogP contribution in [0.15, 0.2) is 18.3 Å². The zero-order valence-electron chi connectivity index (χ0n) is 11.8. The average molecular weight is 333 g/mol. The van der Waals surface area contributed by atoms with Gasteiger partial charge in [0.05, 0.1) is 23.2 Å². The van der Waals surface area contributed by atoms with Crippen LogP contribution in [0.1, 0.15) is 12.8 Å². The van der Waals surface area contributed by atoms with Crippen molar-refractivity contribution in [3.05, 3.63) is 23.1 Å². The molecule has 22 heavy (non-hydrogen) atoms. The van der Waals surface area contributed by atoms with Gasteiger partial charge in [0, 0.05) is 18.2 Å². The second kappa shape index (κ2) is 5.45. The number of H-pyrrole nitrogens is 1. The van der Waals surface area contributed by atoms with E-state index in [1.807, 2.05) is 16.7 Å². The van der Waals surface area contributed by atoms with E-state index in [1.54, 1.807) is 6.20 Å². The Kier molecular flexibility index (Phi) is 3.44. The summed E-state index contributed by atoms with van der Waals surface area (Å²) < 4.78 is 8.28.